The van der Waals surface area contributed by atoms with Crippen LogP contribution >= 0.6 is 11.6 Å². The van der Waals surface area contributed by atoms with Crippen LogP contribution in [-0.2, 0) is 9.53 Å². The van der Waals surface area contributed by atoms with Crippen molar-refractivity contribution < 1.29 is 14.3 Å². The van der Waals surface area contributed by atoms with E-state index in [4.69, 9.17) is 16.3 Å². The number of nitrogens with zero attached hydrogens (tertiary/aromatic N) is 2. The van der Waals surface area contributed by atoms with Crippen molar-refractivity contribution in [1.29, 1.82) is 0 Å². The molecule has 0 radical (unpaired) electrons. The van der Waals surface area contributed by atoms with Gasteiger partial charge in [-0.05, 0) is 20.8 Å². The van der Waals surface area contributed by atoms with E-state index in [9.17, 15) is 9.59 Å². The standard InChI is InChI=1S/C11H14ClN3O3/c1-4-18-11(17)6(2)13-10-8(5-16)9(12)14-7(3)15-10/h5-6H,4H2,1-3H3,(H,13,14,15). The van der Waals surface area contributed by atoms with Gasteiger partial charge in [-0.15, -0.1) is 0 Å². The van der Waals surface area contributed by atoms with Gasteiger partial charge in [0.1, 0.15) is 22.8 Å². The van der Waals surface area contributed by atoms with Gasteiger partial charge < -0.3 is 10.1 Å². The number of hydrogen-bond donors (Lipinski definition) is 1. The van der Waals surface area contributed by atoms with Crippen molar-refractivity contribution in [2.45, 2.75) is 26.8 Å². The Morgan fingerprint density at radius 3 is 2.78 bits per heavy atom. The number of aromatic nitrogens is 2. The molecule has 0 aromatic carbocycles. The van der Waals surface area contributed by atoms with E-state index in [1.54, 1.807) is 20.8 Å². The molecule has 0 amide bonds. The topological polar surface area (TPSA) is 81.2 Å². The van der Waals surface area contributed by atoms with Gasteiger partial charge in [-0.3, -0.25) is 4.79 Å². The molecular weight excluding hydrogens is 258 g/mol. The summed E-state index contributed by atoms with van der Waals surface area (Å²) in [4.78, 5) is 30.3. The van der Waals surface area contributed by atoms with E-state index < -0.39 is 12.0 Å². The number of ether oxygens (including phenoxy) is 1. The maximum atomic E-state index is 11.5. The Labute approximate surface area is 110 Å². The molecule has 1 heterocycles. The molecule has 1 aromatic rings. The van der Waals surface area contributed by atoms with E-state index in [0.717, 1.165) is 0 Å². The summed E-state index contributed by atoms with van der Waals surface area (Å²) >= 11 is 5.82. The first-order valence-corrected chi connectivity index (χ1v) is 5.79. The van der Waals surface area contributed by atoms with Gasteiger partial charge in [0, 0.05) is 0 Å². The average molecular weight is 272 g/mol. The molecular formula is C11H14ClN3O3. The van der Waals surface area contributed by atoms with Gasteiger partial charge in [0.15, 0.2) is 6.29 Å². The predicted molar refractivity (Wildman–Crippen MR) is 66.9 cm³/mol. The number of carbonyl (C=O) groups excluding carboxylic acids is 2. The van der Waals surface area contributed by atoms with Crippen molar-refractivity contribution >= 4 is 29.7 Å². The van der Waals surface area contributed by atoms with Crippen LogP contribution in [0.5, 0.6) is 0 Å². The molecule has 0 aliphatic heterocycles. The minimum Gasteiger partial charge on any atom is -0.464 e. The lowest BCUT2D eigenvalue weighted by Gasteiger charge is -2.15. The Hall–Kier alpha value is -1.69. The fourth-order valence-corrected chi connectivity index (χ4v) is 1.55. The number of anilines is 1. The monoisotopic (exact) mass is 271 g/mol. The third-order valence-corrected chi connectivity index (χ3v) is 2.41. The molecule has 1 aromatic heterocycles. The van der Waals surface area contributed by atoms with Crippen LogP contribution in [0.1, 0.15) is 30.0 Å². The number of halogens is 1. The van der Waals surface area contributed by atoms with Crippen LogP contribution < -0.4 is 5.32 Å². The Kier molecular flexibility index (Phi) is 5.03. The third-order valence-electron chi connectivity index (χ3n) is 2.12. The summed E-state index contributed by atoms with van der Waals surface area (Å²) in [7, 11) is 0. The highest BCUT2D eigenvalue weighted by Gasteiger charge is 2.18. The highest BCUT2D eigenvalue weighted by atomic mass is 35.5. The lowest BCUT2D eigenvalue weighted by molar-refractivity contribution is -0.143. The molecule has 0 saturated carbocycles. The van der Waals surface area contributed by atoms with Crippen LogP contribution in [0.15, 0.2) is 0 Å². The Morgan fingerprint density at radius 2 is 2.22 bits per heavy atom. The highest BCUT2D eigenvalue weighted by molar-refractivity contribution is 6.32. The summed E-state index contributed by atoms with van der Waals surface area (Å²) in [5.74, 6) is 0.203. The molecule has 1 atom stereocenters. The van der Waals surface area contributed by atoms with E-state index >= 15 is 0 Å². The van der Waals surface area contributed by atoms with Crippen LogP contribution in [0, 0.1) is 6.92 Å². The average Bonchev–Trinajstić information content (AvgIpc) is 2.28. The predicted octanol–water partition coefficient (Wildman–Crippen LogP) is 1.61. The van der Waals surface area contributed by atoms with Crippen LogP contribution in [0.25, 0.3) is 0 Å². The van der Waals surface area contributed by atoms with Gasteiger partial charge in [0.2, 0.25) is 0 Å². The van der Waals surface area contributed by atoms with Gasteiger partial charge in [0.05, 0.1) is 12.2 Å². The van der Waals surface area contributed by atoms with Gasteiger partial charge in [-0.2, -0.15) is 0 Å². The molecule has 18 heavy (non-hydrogen) atoms. The number of nitrogens with one attached hydrogen (secondary N) is 1. The first kappa shape index (κ1) is 14.4. The van der Waals surface area contributed by atoms with E-state index in [0.29, 0.717) is 12.1 Å². The Balaban J connectivity index is 2.96. The van der Waals surface area contributed by atoms with Crippen molar-refractivity contribution in [3.8, 4) is 0 Å². The van der Waals surface area contributed by atoms with E-state index in [2.05, 4.69) is 15.3 Å². The van der Waals surface area contributed by atoms with Crippen LogP contribution in [-0.4, -0.2) is 34.9 Å². The van der Waals surface area contributed by atoms with Crippen LogP contribution in [0.3, 0.4) is 0 Å². The van der Waals surface area contributed by atoms with E-state index in [1.165, 1.54) is 0 Å². The van der Waals surface area contributed by atoms with Crippen molar-refractivity contribution in [2.75, 3.05) is 11.9 Å². The zero-order chi connectivity index (χ0) is 13.7. The summed E-state index contributed by atoms with van der Waals surface area (Å²) in [5.41, 5.74) is 0.124. The highest BCUT2D eigenvalue weighted by Crippen LogP contribution is 2.19. The van der Waals surface area contributed by atoms with Gasteiger partial charge in [0.25, 0.3) is 0 Å². The zero-order valence-corrected chi connectivity index (χ0v) is 11.1. The van der Waals surface area contributed by atoms with E-state index in [-0.39, 0.29) is 23.1 Å². The van der Waals surface area contributed by atoms with Crippen molar-refractivity contribution in [3.63, 3.8) is 0 Å². The Morgan fingerprint density at radius 1 is 1.56 bits per heavy atom. The number of carbonyl (C=O) groups is 2. The number of esters is 1. The zero-order valence-electron chi connectivity index (χ0n) is 10.4. The van der Waals surface area contributed by atoms with Crippen molar-refractivity contribution in [2.24, 2.45) is 0 Å². The molecule has 0 fully saturated rings. The molecule has 0 saturated heterocycles. The fraction of sp³-hybridized carbons (Fsp3) is 0.455. The van der Waals surface area contributed by atoms with Gasteiger partial charge in [-0.1, -0.05) is 11.6 Å². The molecule has 0 bridgehead atoms. The van der Waals surface area contributed by atoms with Gasteiger partial charge >= 0.3 is 5.97 Å². The SMILES string of the molecule is CCOC(=O)C(C)Nc1nc(C)nc(Cl)c1C=O. The number of hydrogen-bond acceptors (Lipinski definition) is 6. The second kappa shape index (κ2) is 6.30. The first-order valence-electron chi connectivity index (χ1n) is 5.42. The number of rotatable bonds is 5. The van der Waals surface area contributed by atoms with Crippen LogP contribution in [0.4, 0.5) is 5.82 Å². The molecule has 98 valence electrons. The Bertz CT molecular complexity index is 465. The summed E-state index contributed by atoms with van der Waals surface area (Å²) in [5, 5.41) is 2.84. The maximum absolute atomic E-state index is 11.5. The smallest absolute Gasteiger partial charge is 0.328 e. The molecule has 1 rings (SSSR count). The second-order valence-corrected chi connectivity index (χ2v) is 3.92. The normalized spacial score (nSPS) is 11.8. The molecule has 0 aliphatic rings. The maximum Gasteiger partial charge on any atom is 0.328 e. The largest absolute Gasteiger partial charge is 0.464 e. The van der Waals surface area contributed by atoms with Crippen LogP contribution in [0.2, 0.25) is 5.15 Å². The van der Waals surface area contributed by atoms with Crippen molar-refractivity contribution in [1.82, 2.24) is 9.97 Å². The molecule has 0 aliphatic carbocycles. The minimum atomic E-state index is -0.631. The summed E-state index contributed by atoms with van der Waals surface area (Å²) < 4.78 is 4.84. The third kappa shape index (κ3) is 3.40. The van der Waals surface area contributed by atoms with Gasteiger partial charge in [-0.25, -0.2) is 14.8 Å². The summed E-state index contributed by atoms with van der Waals surface area (Å²) in [6.07, 6.45) is 0.544. The lowest BCUT2D eigenvalue weighted by Crippen LogP contribution is -2.29. The molecule has 0 spiro atoms. The first-order chi connectivity index (χ1) is 8.49. The minimum absolute atomic E-state index is 0.0519. The molecule has 1 N–H and O–H groups in total. The summed E-state index contributed by atoms with van der Waals surface area (Å²) in [6, 6.07) is -0.631. The molecule has 7 heteroatoms. The fourth-order valence-electron chi connectivity index (χ4n) is 1.29. The quantitative estimate of drug-likeness (QED) is 0.498. The molecule has 1 unspecified atom stereocenters. The second-order valence-electron chi connectivity index (χ2n) is 3.56. The van der Waals surface area contributed by atoms with E-state index in [1.807, 2.05) is 0 Å². The molecule has 6 nitrogen and oxygen atoms in total. The number of aryl methyl sites for hydroxylation is 1. The lowest BCUT2D eigenvalue weighted by atomic mass is 10.3. The number of aldehydes is 1. The summed E-state index contributed by atoms with van der Waals surface area (Å²) in [6.45, 7) is 5.25. The van der Waals surface area contributed by atoms with Crippen molar-refractivity contribution in [3.05, 3.63) is 16.5 Å².